The molecule has 8 nitrogen and oxygen atoms in total. The van der Waals surface area contributed by atoms with Crippen molar-refractivity contribution in [1.29, 1.82) is 0 Å². The van der Waals surface area contributed by atoms with Crippen LogP contribution in [0.25, 0.3) is 11.0 Å². The number of halogens is 4. The third kappa shape index (κ3) is 3.60. The van der Waals surface area contributed by atoms with Gasteiger partial charge in [0.15, 0.2) is 11.0 Å². The van der Waals surface area contributed by atoms with E-state index in [2.05, 4.69) is 14.9 Å². The molecule has 1 amide bonds. The Morgan fingerprint density at radius 2 is 1.71 bits per heavy atom. The fraction of sp³-hybridized carbons (Fsp3) is 0.133. The Morgan fingerprint density at radius 1 is 1.11 bits per heavy atom. The molecule has 1 heterocycles. The fourth-order valence-electron chi connectivity index (χ4n) is 2.41. The Bertz CT molecular complexity index is 1150. The van der Waals surface area contributed by atoms with Crippen LogP contribution < -0.4 is 10.0 Å². The van der Waals surface area contributed by atoms with Crippen LogP contribution in [0.2, 0.25) is 5.02 Å². The van der Waals surface area contributed by atoms with Gasteiger partial charge in [0.2, 0.25) is 5.91 Å². The van der Waals surface area contributed by atoms with Crippen LogP contribution in [0.3, 0.4) is 0 Å². The van der Waals surface area contributed by atoms with Gasteiger partial charge in [-0.15, -0.1) is 0 Å². The van der Waals surface area contributed by atoms with Crippen molar-refractivity contribution in [1.82, 2.24) is 10.3 Å². The Morgan fingerprint density at radius 3 is 2.29 bits per heavy atom. The van der Waals surface area contributed by atoms with E-state index < -0.39 is 39.1 Å². The number of hydrogen-bond acceptors (Lipinski definition) is 6. The topological polar surface area (TPSA) is 119 Å². The predicted octanol–water partition coefficient (Wildman–Crippen LogP) is 2.58. The van der Waals surface area contributed by atoms with Crippen LogP contribution in [0.4, 0.5) is 18.9 Å². The maximum atomic E-state index is 13.1. The van der Waals surface area contributed by atoms with Gasteiger partial charge in [0.25, 0.3) is 10.0 Å². The van der Waals surface area contributed by atoms with E-state index in [1.54, 1.807) is 0 Å². The maximum absolute atomic E-state index is 13.1. The Hall–Kier alpha value is -2.86. The first-order chi connectivity index (χ1) is 13.0. The van der Waals surface area contributed by atoms with Gasteiger partial charge in [-0.2, -0.15) is 13.2 Å². The van der Waals surface area contributed by atoms with E-state index in [0.29, 0.717) is 16.4 Å². The van der Waals surface area contributed by atoms with Gasteiger partial charge in [0.1, 0.15) is 11.4 Å². The molecule has 28 heavy (non-hydrogen) atoms. The molecule has 2 N–H and O–H groups in total. The summed E-state index contributed by atoms with van der Waals surface area (Å²) in [5.41, 5.74) is 3.71. The quantitative estimate of drug-likeness (QED) is 0.659. The van der Waals surface area contributed by atoms with Gasteiger partial charge < -0.3 is 5.73 Å². The second-order valence-electron chi connectivity index (χ2n) is 5.53. The first-order valence-corrected chi connectivity index (χ1v) is 9.22. The molecule has 13 heteroatoms. The SMILES string of the molecule is NC(=O)CN(c1ccc(C(F)(F)F)cc1)S(=O)(=O)c1ccc(Cl)c2nonc12. The number of rotatable bonds is 5. The van der Waals surface area contributed by atoms with Crippen LogP contribution in [0.15, 0.2) is 45.9 Å². The third-order valence-electron chi connectivity index (χ3n) is 3.68. The Labute approximate surface area is 160 Å². The lowest BCUT2D eigenvalue weighted by Gasteiger charge is -2.23. The highest BCUT2D eigenvalue weighted by molar-refractivity contribution is 7.93. The van der Waals surface area contributed by atoms with Crippen molar-refractivity contribution in [3.05, 3.63) is 47.0 Å². The molecule has 0 aliphatic carbocycles. The Balaban J connectivity index is 2.14. The molecule has 0 atom stereocenters. The molecular formula is C15H10ClF3N4O4S. The lowest BCUT2D eigenvalue weighted by atomic mass is 10.2. The monoisotopic (exact) mass is 434 g/mol. The molecule has 1 aromatic heterocycles. The summed E-state index contributed by atoms with van der Waals surface area (Å²) >= 11 is 5.91. The van der Waals surface area contributed by atoms with Crippen LogP contribution in [-0.4, -0.2) is 31.2 Å². The summed E-state index contributed by atoms with van der Waals surface area (Å²) in [6, 6.07) is 5.55. The number of carbonyl (C=O) groups is 1. The van der Waals surface area contributed by atoms with E-state index in [1.165, 1.54) is 6.07 Å². The molecule has 0 bridgehead atoms. The number of primary amides is 1. The third-order valence-corrected chi connectivity index (χ3v) is 5.79. The number of aromatic nitrogens is 2. The smallest absolute Gasteiger partial charge is 0.368 e. The lowest BCUT2D eigenvalue weighted by Crippen LogP contribution is -2.38. The normalized spacial score (nSPS) is 12.3. The molecule has 3 aromatic rings. The number of alkyl halides is 3. The average Bonchev–Trinajstić information content (AvgIpc) is 3.09. The molecule has 2 aromatic carbocycles. The summed E-state index contributed by atoms with van der Waals surface area (Å²) in [5, 5.41) is 7.09. The van der Waals surface area contributed by atoms with Crippen molar-refractivity contribution < 1.29 is 31.0 Å². The van der Waals surface area contributed by atoms with E-state index in [4.69, 9.17) is 17.3 Å². The minimum absolute atomic E-state index is 0.0332. The van der Waals surface area contributed by atoms with Crippen LogP contribution in [0.1, 0.15) is 5.56 Å². The Kier molecular flexibility index (Phi) is 4.93. The number of nitrogens with two attached hydrogens (primary N) is 1. The number of sulfonamides is 1. The average molecular weight is 435 g/mol. The van der Waals surface area contributed by atoms with Crippen LogP contribution in [0.5, 0.6) is 0 Å². The van der Waals surface area contributed by atoms with Crippen molar-refractivity contribution in [3.8, 4) is 0 Å². The molecule has 0 fully saturated rings. The summed E-state index contributed by atoms with van der Waals surface area (Å²) in [4.78, 5) is 11.0. The maximum Gasteiger partial charge on any atom is 0.416 e. The molecule has 0 aliphatic heterocycles. The van der Waals surface area contributed by atoms with E-state index in [1.807, 2.05) is 0 Å². The molecule has 148 valence electrons. The van der Waals surface area contributed by atoms with Crippen LogP contribution in [-0.2, 0) is 21.0 Å². The molecule has 0 saturated heterocycles. The number of carbonyl (C=O) groups excluding carboxylic acids is 1. The van der Waals surface area contributed by atoms with Gasteiger partial charge in [-0.3, -0.25) is 9.10 Å². The van der Waals surface area contributed by atoms with Gasteiger partial charge in [0.05, 0.1) is 16.3 Å². The van der Waals surface area contributed by atoms with Gasteiger partial charge in [-0.1, -0.05) is 11.6 Å². The van der Waals surface area contributed by atoms with Crippen molar-refractivity contribution in [2.45, 2.75) is 11.1 Å². The van der Waals surface area contributed by atoms with Crippen molar-refractivity contribution >= 4 is 44.3 Å². The summed E-state index contributed by atoms with van der Waals surface area (Å²) < 4.78 is 69.6. The highest BCUT2D eigenvalue weighted by Crippen LogP contribution is 2.33. The molecule has 0 aliphatic rings. The number of hydrogen-bond donors (Lipinski definition) is 1. The second-order valence-corrected chi connectivity index (χ2v) is 7.77. The van der Waals surface area contributed by atoms with Crippen molar-refractivity contribution in [2.24, 2.45) is 5.73 Å². The summed E-state index contributed by atoms with van der Waals surface area (Å²) in [5.74, 6) is -1.02. The zero-order valence-corrected chi connectivity index (χ0v) is 15.2. The lowest BCUT2D eigenvalue weighted by molar-refractivity contribution is -0.137. The van der Waals surface area contributed by atoms with Crippen LogP contribution in [0, 0.1) is 0 Å². The highest BCUT2D eigenvalue weighted by atomic mass is 35.5. The fourth-order valence-corrected chi connectivity index (χ4v) is 4.15. The number of fused-ring (bicyclic) bond motifs is 1. The molecule has 0 unspecified atom stereocenters. The second kappa shape index (κ2) is 6.95. The largest absolute Gasteiger partial charge is 0.416 e. The van der Waals surface area contributed by atoms with Gasteiger partial charge in [0, 0.05) is 0 Å². The minimum Gasteiger partial charge on any atom is -0.368 e. The number of amides is 1. The summed E-state index contributed by atoms with van der Waals surface area (Å²) in [7, 11) is -4.48. The standard InChI is InChI=1S/C15H10ClF3N4O4S/c16-10-5-6-11(14-13(10)21-27-22-14)28(25,26)23(7-12(20)24)9-3-1-8(2-4-9)15(17,18)19/h1-6H,7H2,(H2,20,24). The molecular weight excluding hydrogens is 425 g/mol. The van der Waals surface area contributed by atoms with Gasteiger partial charge in [-0.05, 0) is 46.7 Å². The summed E-state index contributed by atoms with van der Waals surface area (Å²) in [6.07, 6.45) is -4.61. The van der Waals surface area contributed by atoms with E-state index >= 15 is 0 Å². The van der Waals surface area contributed by atoms with E-state index in [0.717, 1.165) is 18.2 Å². The number of benzene rings is 2. The van der Waals surface area contributed by atoms with Gasteiger partial charge in [-0.25, -0.2) is 13.0 Å². The number of anilines is 1. The van der Waals surface area contributed by atoms with Crippen molar-refractivity contribution in [2.75, 3.05) is 10.8 Å². The summed E-state index contributed by atoms with van der Waals surface area (Å²) in [6.45, 7) is -0.816. The molecule has 0 radical (unpaired) electrons. The van der Waals surface area contributed by atoms with Crippen molar-refractivity contribution in [3.63, 3.8) is 0 Å². The van der Waals surface area contributed by atoms with Gasteiger partial charge >= 0.3 is 6.18 Å². The first kappa shape index (κ1) is 19.9. The van der Waals surface area contributed by atoms with E-state index in [9.17, 15) is 26.4 Å². The zero-order chi connectivity index (χ0) is 20.7. The minimum atomic E-state index is -4.61. The molecule has 0 spiro atoms. The first-order valence-electron chi connectivity index (χ1n) is 7.41. The zero-order valence-electron chi connectivity index (χ0n) is 13.6. The predicted molar refractivity (Wildman–Crippen MR) is 92.0 cm³/mol. The van der Waals surface area contributed by atoms with E-state index in [-0.39, 0.29) is 21.7 Å². The molecule has 0 saturated carbocycles. The molecule has 3 rings (SSSR count). The number of nitrogens with zero attached hydrogens (tertiary/aromatic N) is 3. The van der Waals surface area contributed by atoms with Crippen LogP contribution >= 0.6 is 11.6 Å². The highest BCUT2D eigenvalue weighted by Gasteiger charge is 2.33.